The first-order chi connectivity index (χ1) is 16.3. The van der Waals surface area contributed by atoms with Gasteiger partial charge in [0, 0.05) is 31.2 Å². The van der Waals surface area contributed by atoms with E-state index in [1.165, 1.54) is 18.2 Å². The minimum atomic E-state index is -3.89. The minimum Gasteiger partial charge on any atom is -0.348 e. The SMILES string of the molecule is Cc1cccc(NS(=O)(=O)c2ccc(Cl)c(C(=O)NCc3ccc(Cn4ccnc4)cc3)c2)c1. The molecule has 2 N–H and O–H groups in total. The van der Waals surface area contributed by atoms with Gasteiger partial charge < -0.3 is 9.88 Å². The van der Waals surface area contributed by atoms with Gasteiger partial charge in [0.05, 0.1) is 21.8 Å². The number of hydrogen-bond donors (Lipinski definition) is 2. The molecule has 0 aliphatic carbocycles. The maximum Gasteiger partial charge on any atom is 0.261 e. The fourth-order valence-electron chi connectivity index (χ4n) is 3.40. The molecule has 1 heterocycles. The fraction of sp³-hybridized carbons (Fsp3) is 0.120. The molecule has 0 bridgehead atoms. The molecule has 0 saturated carbocycles. The van der Waals surface area contributed by atoms with Crippen LogP contribution in [0.2, 0.25) is 5.02 Å². The predicted molar refractivity (Wildman–Crippen MR) is 132 cm³/mol. The Morgan fingerprint density at radius 1 is 1.03 bits per heavy atom. The van der Waals surface area contributed by atoms with Crippen molar-refractivity contribution in [3.63, 3.8) is 0 Å². The number of aryl methyl sites for hydroxylation is 1. The summed E-state index contributed by atoms with van der Waals surface area (Å²) in [5, 5.41) is 2.97. The molecule has 0 radical (unpaired) electrons. The van der Waals surface area contributed by atoms with Crippen LogP contribution in [-0.4, -0.2) is 23.9 Å². The molecule has 1 amide bonds. The van der Waals surface area contributed by atoms with Gasteiger partial charge in [0.15, 0.2) is 0 Å². The van der Waals surface area contributed by atoms with Crippen LogP contribution in [0.25, 0.3) is 0 Å². The molecular formula is C25H23ClN4O3S. The first-order valence-corrected chi connectivity index (χ1v) is 12.4. The zero-order valence-corrected chi connectivity index (χ0v) is 20.0. The van der Waals surface area contributed by atoms with Gasteiger partial charge in [0.1, 0.15) is 0 Å². The van der Waals surface area contributed by atoms with E-state index in [-0.39, 0.29) is 22.0 Å². The molecule has 0 atom stereocenters. The lowest BCUT2D eigenvalue weighted by atomic mass is 10.1. The number of hydrogen-bond acceptors (Lipinski definition) is 4. The summed E-state index contributed by atoms with van der Waals surface area (Å²) in [6.45, 7) is 2.86. The Balaban J connectivity index is 1.43. The molecule has 7 nitrogen and oxygen atoms in total. The summed E-state index contributed by atoms with van der Waals surface area (Å²) in [4.78, 5) is 16.8. The van der Waals surface area contributed by atoms with Gasteiger partial charge in [-0.3, -0.25) is 9.52 Å². The number of sulfonamides is 1. The van der Waals surface area contributed by atoms with Crippen LogP contribution in [-0.2, 0) is 23.1 Å². The standard InChI is InChI=1S/C25H23ClN4O3S/c1-18-3-2-4-21(13-18)29-34(32,33)22-9-10-24(26)23(14-22)25(31)28-15-19-5-7-20(8-6-19)16-30-12-11-27-17-30/h2-14,17,29H,15-16H2,1H3,(H,28,31). The monoisotopic (exact) mass is 494 g/mol. The third-order valence-corrected chi connectivity index (χ3v) is 6.87. The molecule has 3 aromatic carbocycles. The number of anilines is 1. The van der Waals surface area contributed by atoms with Crippen molar-refractivity contribution in [2.45, 2.75) is 24.9 Å². The number of carbonyl (C=O) groups is 1. The summed E-state index contributed by atoms with van der Waals surface area (Å²) < 4.78 is 30.2. The normalized spacial score (nSPS) is 11.2. The largest absolute Gasteiger partial charge is 0.348 e. The fourth-order valence-corrected chi connectivity index (χ4v) is 4.68. The van der Waals surface area contributed by atoms with E-state index in [1.807, 2.05) is 48.0 Å². The second-order valence-corrected chi connectivity index (χ2v) is 9.94. The average molecular weight is 495 g/mol. The smallest absolute Gasteiger partial charge is 0.261 e. The molecule has 4 rings (SSSR count). The van der Waals surface area contributed by atoms with Crippen LogP contribution >= 0.6 is 11.6 Å². The number of imidazole rings is 1. The Morgan fingerprint density at radius 2 is 1.79 bits per heavy atom. The summed E-state index contributed by atoms with van der Waals surface area (Å²) in [7, 11) is -3.89. The highest BCUT2D eigenvalue weighted by molar-refractivity contribution is 7.92. The molecule has 0 unspecified atom stereocenters. The van der Waals surface area contributed by atoms with E-state index in [0.717, 1.165) is 16.7 Å². The number of benzene rings is 3. The van der Waals surface area contributed by atoms with Gasteiger partial charge in [-0.25, -0.2) is 13.4 Å². The second kappa shape index (κ2) is 10.1. The van der Waals surface area contributed by atoms with E-state index in [0.29, 0.717) is 12.2 Å². The highest BCUT2D eigenvalue weighted by Crippen LogP contribution is 2.23. The molecule has 1 aromatic heterocycles. The van der Waals surface area contributed by atoms with Crippen molar-refractivity contribution in [3.8, 4) is 0 Å². The van der Waals surface area contributed by atoms with Crippen molar-refractivity contribution in [3.05, 3.63) is 113 Å². The number of nitrogens with zero attached hydrogens (tertiary/aromatic N) is 2. The Bertz CT molecular complexity index is 1400. The zero-order valence-electron chi connectivity index (χ0n) is 18.4. The molecular weight excluding hydrogens is 472 g/mol. The molecule has 0 aliphatic heterocycles. The maximum absolute atomic E-state index is 12.8. The number of rotatable bonds is 8. The predicted octanol–water partition coefficient (Wildman–Crippen LogP) is 4.62. The van der Waals surface area contributed by atoms with Crippen LogP contribution in [0.15, 0.2) is 90.3 Å². The lowest BCUT2D eigenvalue weighted by Crippen LogP contribution is -2.24. The summed E-state index contributed by atoms with van der Waals surface area (Å²) in [5.41, 5.74) is 3.47. The highest BCUT2D eigenvalue weighted by Gasteiger charge is 2.19. The number of aromatic nitrogens is 2. The van der Waals surface area contributed by atoms with Crippen LogP contribution in [0.5, 0.6) is 0 Å². The van der Waals surface area contributed by atoms with Gasteiger partial charge >= 0.3 is 0 Å². The van der Waals surface area contributed by atoms with Gasteiger partial charge in [0.2, 0.25) is 0 Å². The van der Waals surface area contributed by atoms with Gasteiger partial charge in [-0.1, -0.05) is 48.0 Å². The van der Waals surface area contributed by atoms with Gasteiger partial charge in [-0.2, -0.15) is 0 Å². The van der Waals surface area contributed by atoms with Crippen LogP contribution in [0, 0.1) is 6.92 Å². The molecule has 0 saturated heterocycles. The van der Waals surface area contributed by atoms with Crippen molar-refractivity contribution in [2.75, 3.05) is 4.72 Å². The van der Waals surface area contributed by atoms with E-state index < -0.39 is 15.9 Å². The Kier molecular flexibility index (Phi) is 7.00. The van der Waals surface area contributed by atoms with E-state index in [1.54, 1.807) is 30.7 Å². The topological polar surface area (TPSA) is 93.1 Å². The van der Waals surface area contributed by atoms with Gasteiger partial charge in [-0.15, -0.1) is 0 Å². The summed E-state index contributed by atoms with van der Waals surface area (Å²) in [5.74, 6) is -0.458. The Hall–Kier alpha value is -3.62. The van der Waals surface area contributed by atoms with Gasteiger partial charge in [0.25, 0.3) is 15.9 Å². The quantitative estimate of drug-likeness (QED) is 0.373. The molecule has 34 heavy (non-hydrogen) atoms. The van der Waals surface area contributed by atoms with Crippen molar-refractivity contribution in [2.24, 2.45) is 0 Å². The van der Waals surface area contributed by atoms with Crippen molar-refractivity contribution in [1.29, 1.82) is 0 Å². The summed E-state index contributed by atoms with van der Waals surface area (Å²) in [6.07, 6.45) is 5.37. The van der Waals surface area contributed by atoms with Crippen LogP contribution in [0.4, 0.5) is 5.69 Å². The molecule has 4 aromatic rings. The van der Waals surface area contributed by atoms with Gasteiger partial charge in [-0.05, 0) is 53.9 Å². The number of carbonyl (C=O) groups excluding carboxylic acids is 1. The third kappa shape index (κ3) is 5.84. The van der Waals surface area contributed by atoms with E-state index in [2.05, 4.69) is 15.0 Å². The van der Waals surface area contributed by atoms with Crippen molar-refractivity contribution < 1.29 is 13.2 Å². The molecule has 0 aliphatic rings. The molecule has 0 spiro atoms. The number of halogens is 1. The summed E-state index contributed by atoms with van der Waals surface area (Å²) in [6, 6.07) is 18.9. The number of amides is 1. The van der Waals surface area contributed by atoms with E-state index >= 15 is 0 Å². The first-order valence-electron chi connectivity index (χ1n) is 10.5. The highest BCUT2D eigenvalue weighted by atomic mass is 35.5. The molecule has 9 heteroatoms. The van der Waals surface area contributed by atoms with E-state index in [4.69, 9.17) is 11.6 Å². The van der Waals surface area contributed by atoms with E-state index in [9.17, 15) is 13.2 Å². The third-order valence-electron chi connectivity index (χ3n) is 5.16. The van der Waals surface area contributed by atoms with Crippen LogP contribution in [0.1, 0.15) is 27.0 Å². The summed E-state index contributed by atoms with van der Waals surface area (Å²) >= 11 is 6.21. The maximum atomic E-state index is 12.8. The van der Waals surface area contributed by atoms with Crippen LogP contribution < -0.4 is 10.0 Å². The first kappa shape index (κ1) is 23.5. The van der Waals surface area contributed by atoms with Crippen molar-refractivity contribution >= 4 is 33.2 Å². The Morgan fingerprint density at radius 3 is 2.50 bits per heavy atom. The van der Waals surface area contributed by atoms with Crippen molar-refractivity contribution in [1.82, 2.24) is 14.9 Å². The minimum absolute atomic E-state index is 0.0487. The lowest BCUT2D eigenvalue weighted by molar-refractivity contribution is 0.0951. The zero-order chi connectivity index (χ0) is 24.1. The molecule has 174 valence electrons. The number of nitrogens with one attached hydrogen (secondary N) is 2. The molecule has 0 fully saturated rings. The van der Waals surface area contributed by atoms with Crippen LogP contribution in [0.3, 0.4) is 0 Å². The lowest BCUT2D eigenvalue weighted by Gasteiger charge is -2.12. The Labute approximate surface area is 203 Å². The average Bonchev–Trinajstić information content (AvgIpc) is 3.31. The second-order valence-electron chi connectivity index (χ2n) is 7.85.